The molecular weight excluding hydrogens is 356 g/mol. The molecule has 0 aliphatic carbocycles. The maximum Gasteiger partial charge on any atom is 0.226 e. The number of aryl methyl sites for hydroxylation is 1. The lowest BCUT2D eigenvalue weighted by Crippen LogP contribution is -2.25. The van der Waals surface area contributed by atoms with E-state index in [9.17, 15) is 0 Å². The Morgan fingerprint density at radius 1 is 0.724 bits per heavy atom. The third-order valence-electron chi connectivity index (χ3n) is 5.08. The Kier molecular flexibility index (Phi) is 6.18. The minimum absolute atomic E-state index is 0.704. The van der Waals surface area contributed by atoms with Crippen molar-refractivity contribution in [1.29, 1.82) is 0 Å². The van der Waals surface area contributed by atoms with E-state index in [1.165, 1.54) is 11.1 Å². The average molecular weight is 383 g/mol. The van der Waals surface area contributed by atoms with E-state index in [1.54, 1.807) is 0 Å². The van der Waals surface area contributed by atoms with Crippen LogP contribution in [0, 0.1) is 6.92 Å². The van der Waals surface area contributed by atoms with Gasteiger partial charge in [-0.2, -0.15) is 0 Å². The van der Waals surface area contributed by atoms with E-state index in [4.69, 9.17) is 9.40 Å². The monoisotopic (exact) mass is 382 g/mol. The summed E-state index contributed by atoms with van der Waals surface area (Å²) in [6, 6.07) is 31.4. The van der Waals surface area contributed by atoms with Crippen LogP contribution >= 0.6 is 0 Å². The van der Waals surface area contributed by atoms with E-state index in [1.807, 2.05) is 37.3 Å². The number of hydrogen-bond acceptors (Lipinski definition) is 3. The molecule has 1 heterocycles. The second-order valence-corrected chi connectivity index (χ2v) is 7.32. The quantitative estimate of drug-likeness (QED) is 0.380. The lowest BCUT2D eigenvalue weighted by atomic mass is 10.1. The van der Waals surface area contributed by atoms with Gasteiger partial charge >= 0.3 is 0 Å². The lowest BCUT2D eigenvalue weighted by molar-refractivity contribution is 0.259. The molecule has 3 nitrogen and oxygen atoms in total. The molecule has 0 radical (unpaired) electrons. The summed E-state index contributed by atoms with van der Waals surface area (Å²) in [6.45, 7) is 4.76. The highest BCUT2D eigenvalue weighted by atomic mass is 16.4. The van der Waals surface area contributed by atoms with Crippen molar-refractivity contribution in [3.63, 3.8) is 0 Å². The predicted molar refractivity (Wildman–Crippen MR) is 117 cm³/mol. The van der Waals surface area contributed by atoms with E-state index >= 15 is 0 Å². The first-order valence-corrected chi connectivity index (χ1v) is 10.1. The third kappa shape index (κ3) is 5.21. The van der Waals surface area contributed by atoms with Crippen LogP contribution < -0.4 is 0 Å². The molecular formula is C26H26N2O. The molecule has 4 rings (SSSR count). The summed E-state index contributed by atoms with van der Waals surface area (Å²) in [7, 11) is 0. The van der Waals surface area contributed by atoms with Gasteiger partial charge in [-0.1, -0.05) is 78.9 Å². The zero-order valence-corrected chi connectivity index (χ0v) is 16.8. The maximum atomic E-state index is 5.94. The van der Waals surface area contributed by atoms with Crippen LogP contribution in [-0.4, -0.2) is 16.4 Å². The Hall–Kier alpha value is -3.17. The van der Waals surface area contributed by atoms with Crippen molar-refractivity contribution in [3.8, 4) is 11.5 Å². The summed E-state index contributed by atoms with van der Waals surface area (Å²) in [5.74, 6) is 1.61. The van der Waals surface area contributed by atoms with Gasteiger partial charge in [0.25, 0.3) is 0 Å². The second kappa shape index (κ2) is 9.35. The smallest absolute Gasteiger partial charge is 0.226 e. The van der Waals surface area contributed by atoms with Gasteiger partial charge in [0.2, 0.25) is 5.89 Å². The molecule has 0 N–H and O–H groups in total. The van der Waals surface area contributed by atoms with Gasteiger partial charge in [0, 0.05) is 31.6 Å². The predicted octanol–water partition coefficient (Wildman–Crippen LogP) is 5.89. The summed E-state index contributed by atoms with van der Waals surface area (Å²) < 4.78 is 5.94. The first kappa shape index (κ1) is 19.2. The molecule has 3 heteroatoms. The number of nitrogens with zero attached hydrogens (tertiary/aromatic N) is 2. The topological polar surface area (TPSA) is 29.3 Å². The molecule has 146 valence electrons. The summed E-state index contributed by atoms with van der Waals surface area (Å²) >= 11 is 0. The van der Waals surface area contributed by atoms with E-state index in [2.05, 4.69) is 65.6 Å². The number of benzene rings is 3. The van der Waals surface area contributed by atoms with Crippen LogP contribution in [0.15, 0.2) is 95.4 Å². The average Bonchev–Trinajstić information content (AvgIpc) is 3.15. The molecule has 0 saturated carbocycles. The van der Waals surface area contributed by atoms with E-state index in [0.717, 1.165) is 43.1 Å². The van der Waals surface area contributed by atoms with Crippen LogP contribution in [0.2, 0.25) is 0 Å². The number of oxazole rings is 1. The standard InChI is InChI=1S/C26H26N2O/c1-21-25(27-26(29-21)24-15-9-4-10-16-24)17-18-28(19-22-11-5-2-6-12-22)20-23-13-7-3-8-14-23/h2-16H,17-20H2,1H3. The fraction of sp³-hybridized carbons (Fsp3) is 0.192. The maximum absolute atomic E-state index is 5.94. The molecule has 0 aliphatic heterocycles. The molecule has 0 aliphatic rings. The number of hydrogen-bond donors (Lipinski definition) is 0. The number of rotatable bonds is 8. The molecule has 0 bridgehead atoms. The highest BCUT2D eigenvalue weighted by Crippen LogP contribution is 2.22. The van der Waals surface area contributed by atoms with Gasteiger partial charge in [0.15, 0.2) is 0 Å². The Balaban J connectivity index is 1.48. The van der Waals surface area contributed by atoms with Crippen molar-refractivity contribution in [2.45, 2.75) is 26.4 Å². The van der Waals surface area contributed by atoms with Crippen LogP contribution in [0.25, 0.3) is 11.5 Å². The summed E-state index contributed by atoms with van der Waals surface area (Å²) in [4.78, 5) is 7.25. The zero-order valence-electron chi connectivity index (χ0n) is 16.8. The molecule has 0 fully saturated rings. The highest BCUT2D eigenvalue weighted by molar-refractivity contribution is 5.53. The van der Waals surface area contributed by atoms with E-state index < -0.39 is 0 Å². The summed E-state index contributed by atoms with van der Waals surface area (Å²) in [5.41, 5.74) is 4.71. The summed E-state index contributed by atoms with van der Waals surface area (Å²) in [5, 5.41) is 0. The van der Waals surface area contributed by atoms with Crippen LogP contribution in [-0.2, 0) is 19.5 Å². The normalized spacial score (nSPS) is 11.1. The molecule has 0 unspecified atom stereocenters. The molecule has 0 spiro atoms. The van der Waals surface area contributed by atoms with Gasteiger partial charge in [-0.3, -0.25) is 4.90 Å². The third-order valence-corrected chi connectivity index (χ3v) is 5.08. The Bertz CT molecular complexity index is 969. The Morgan fingerprint density at radius 2 is 1.24 bits per heavy atom. The second-order valence-electron chi connectivity index (χ2n) is 7.32. The van der Waals surface area contributed by atoms with Gasteiger partial charge in [-0.25, -0.2) is 4.98 Å². The molecule has 1 aromatic heterocycles. The fourth-order valence-electron chi connectivity index (χ4n) is 3.53. The van der Waals surface area contributed by atoms with Gasteiger partial charge in [0.05, 0.1) is 5.69 Å². The van der Waals surface area contributed by atoms with E-state index in [-0.39, 0.29) is 0 Å². The first-order valence-electron chi connectivity index (χ1n) is 10.1. The highest BCUT2D eigenvalue weighted by Gasteiger charge is 2.14. The zero-order chi connectivity index (χ0) is 19.9. The van der Waals surface area contributed by atoms with E-state index in [0.29, 0.717) is 5.89 Å². The molecule has 0 atom stereocenters. The van der Waals surface area contributed by atoms with Gasteiger partial charge in [-0.05, 0) is 30.2 Å². The lowest BCUT2D eigenvalue weighted by Gasteiger charge is -2.22. The number of aromatic nitrogens is 1. The van der Waals surface area contributed by atoms with Crippen molar-refractivity contribution in [2.75, 3.05) is 6.54 Å². The minimum atomic E-state index is 0.704. The van der Waals surface area contributed by atoms with Crippen molar-refractivity contribution < 1.29 is 4.42 Å². The van der Waals surface area contributed by atoms with Crippen molar-refractivity contribution in [1.82, 2.24) is 9.88 Å². The SMILES string of the molecule is Cc1oc(-c2ccccc2)nc1CCN(Cc1ccccc1)Cc1ccccc1. The van der Waals surface area contributed by atoms with Crippen LogP contribution in [0.5, 0.6) is 0 Å². The van der Waals surface area contributed by atoms with Crippen LogP contribution in [0.1, 0.15) is 22.6 Å². The van der Waals surface area contributed by atoms with Crippen LogP contribution in [0.3, 0.4) is 0 Å². The van der Waals surface area contributed by atoms with Gasteiger partial charge < -0.3 is 4.42 Å². The molecule has 4 aromatic rings. The van der Waals surface area contributed by atoms with Crippen LogP contribution in [0.4, 0.5) is 0 Å². The van der Waals surface area contributed by atoms with Crippen molar-refractivity contribution in [2.24, 2.45) is 0 Å². The minimum Gasteiger partial charge on any atom is -0.441 e. The molecule has 0 saturated heterocycles. The van der Waals surface area contributed by atoms with Gasteiger partial charge in [-0.15, -0.1) is 0 Å². The molecule has 0 amide bonds. The van der Waals surface area contributed by atoms with Gasteiger partial charge in [0.1, 0.15) is 5.76 Å². The Labute approximate surface area is 172 Å². The summed E-state index contributed by atoms with van der Waals surface area (Å²) in [6.07, 6.45) is 0.863. The molecule has 29 heavy (non-hydrogen) atoms. The largest absolute Gasteiger partial charge is 0.441 e. The Morgan fingerprint density at radius 3 is 1.79 bits per heavy atom. The molecule has 3 aromatic carbocycles. The van der Waals surface area contributed by atoms with Crippen molar-refractivity contribution in [3.05, 3.63) is 114 Å². The van der Waals surface area contributed by atoms with Crippen molar-refractivity contribution >= 4 is 0 Å². The first-order chi connectivity index (χ1) is 14.3. The fourth-order valence-corrected chi connectivity index (χ4v) is 3.53.